The molecule has 0 amide bonds. The van der Waals surface area contributed by atoms with Crippen molar-refractivity contribution in [2.75, 3.05) is 25.5 Å². The minimum Gasteiger partial charge on any atom is -0.400 e. The van der Waals surface area contributed by atoms with Crippen molar-refractivity contribution in [1.29, 1.82) is 0 Å². The van der Waals surface area contributed by atoms with Crippen molar-refractivity contribution in [2.45, 2.75) is 56.5 Å². The third kappa shape index (κ3) is 3.95. The molecule has 0 spiro atoms. The lowest BCUT2D eigenvalue weighted by Gasteiger charge is -2.16. The number of rotatable bonds is 5. The number of hydrogen-bond donors (Lipinski definition) is 2. The molecule has 1 aromatic heterocycles. The fraction of sp³-hybridized carbons (Fsp3) is 0.579. The highest BCUT2D eigenvalue weighted by molar-refractivity contribution is 7.92. The molecule has 2 N–H and O–H groups in total. The number of aryl methyl sites for hydroxylation is 2. The number of benzene rings is 1. The van der Waals surface area contributed by atoms with E-state index in [-0.39, 0.29) is 17.5 Å². The van der Waals surface area contributed by atoms with Crippen LogP contribution in [0.1, 0.15) is 47.9 Å². The van der Waals surface area contributed by atoms with Crippen LogP contribution in [-0.2, 0) is 36.7 Å². The van der Waals surface area contributed by atoms with Gasteiger partial charge < -0.3 is 10.4 Å². The van der Waals surface area contributed by atoms with Gasteiger partial charge in [-0.1, -0.05) is 6.07 Å². The zero-order valence-corrected chi connectivity index (χ0v) is 18.1. The Morgan fingerprint density at radius 2 is 1.69 bits per heavy atom. The first-order valence-electron chi connectivity index (χ1n) is 10.1. The van der Waals surface area contributed by atoms with Crippen LogP contribution in [-0.4, -0.2) is 48.0 Å². The van der Waals surface area contributed by atoms with Crippen molar-refractivity contribution >= 4 is 35.0 Å². The number of fused-ring (bicyclic) bond motifs is 2. The monoisotopic (exact) mass is 439 g/mol. The lowest BCUT2D eigenvalue weighted by Crippen LogP contribution is -2.23. The molecule has 1 fully saturated rings. The van der Waals surface area contributed by atoms with E-state index in [2.05, 4.69) is 21.5 Å². The highest BCUT2D eigenvalue weighted by Gasteiger charge is 2.28. The van der Waals surface area contributed by atoms with Crippen LogP contribution in [0.5, 0.6) is 0 Å². The Morgan fingerprint density at radius 1 is 1.07 bits per heavy atom. The van der Waals surface area contributed by atoms with Gasteiger partial charge in [0.25, 0.3) is 5.16 Å². The zero-order valence-electron chi connectivity index (χ0n) is 16.5. The number of anilines is 2. The van der Waals surface area contributed by atoms with E-state index in [1.807, 2.05) is 4.31 Å². The highest BCUT2D eigenvalue weighted by Crippen LogP contribution is 2.40. The maximum Gasteiger partial charge on any atom is 0.257 e. The van der Waals surface area contributed by atoms with Crippen LogP contribution in [0.15, 0.2) is 11.2 Å². The van der Waals surface area contributed by atoms with Crippen molar-refractivity contribution in [3.63, 3.8) is 0 Å². The second-order valence-electron chi connectivity index (χ2n) is 7.40. The number of aliphatic hydroxyl groups is 1. The third-order valence-corrected chi connectivity index (χ3v) is 7.49. The second kappa shape index (κ2) is 9.11. The van der Waals surface area contributed by atoms with E-state index in [9.17, 15) is 8.09 Å². The van der Waals surface area contributed by atoms with Crippen molar-refractivity contribution in [2.24, 2.45) is 0 Å². The fourth-order valence-corrected chi connectivity index (χ4v) is 5.98. The van der Waals surface area contributed by atoms with E-state index in [0.717, 1.165) is 81.3 Å². The molecule has 29 heavy (non-hydrogen) atoms. The Hall–Kier alpha value is -1.49. The molecule has 7 nitrogen and oxygen atoms in total. The van der Waals surface area contributed by atoms with E-state index < -0.39 is 11.0 Å². The summed E-state index contributed by atoms with van der Waals surface area (Å²) in [6.07, 6.45) is 8.64. The molecule has 10 heteroatoms. The second-order valence-corrected chi connectivity index (χ2v) is 9.27. The lowest BCUT2D eigenvalue weighted by atomic mass is 9.99. The quantitative estimate of drug-likeness (QED) is 0.745. The predicted octanol–water partition coefficient (Wildman–Crippen LogP) is 3.11. The van der Waals surface area contributed by atoms with Crippen molar-refractivity contribution in [3.05, 3.63) is 28.3 Å². The van der Waals surface area contributed by atoms with Gasteiger partial charge in [-0.05, 0) is 73.6 Å². The van der Waals surface area contributed by atoms with Gasteiger partial charge >= 0.3 is 0 Å². The van der Waals surface area contributed by atoms with Crippen molar-refractivity contribution in [3.8, 4) is 0 Å². The Bertz CT molecular complexity index is 882. The maximum atomic E-state index is 13.5. The molecule has 2 heterocycles. The Balaban J connectivity index is 0.000000994. The maximum absolute atomic E-state index is 13.5. The molecule has 5 rings (SSSR count). The van der Waals surface area contributed by atoms with Crippen molar-refractivity contribution < 1.29 is 13.2 Å². The average Bonchev–Trinajstić information content (AvgIpc) is 3.55. The lowest BCUT2D eigenvalue weighted by molar-refractivity contribution is 0.399. The van der Waals surface area contributed by atoms with Crippen molar-refractivity contribution in [1.82, 2.24) is 18.5 Å². The molecule has 0 bridgehead atoms. The van der Waals surface area contributed by atoms with Gasteiger partial charge in [0.2, 0.25) is 5.95 Å². The standard InChI is InChI=1S/C18H22FN5OS2.CH4O/c19-26-24-17(21-18(22-24)27(25)23-9-1-2-10-23)20-16-14-7-3-5-12(14)11-13-6-4-8-15(13)16;1-2/h11H,1-10H2,(H,20,21,22);2H,1H3. The van der Waals surface area contributed by atoms with Gasteiger partial charge in [-0.3, -0.25) is 0 Å². The molecule has 2 aromatic rings. The molecule has 1 unspecified atom stereocenters. The molecule has 1 atom stereocenters. The molecule has 1 aliphatic heterocycles. The summed E-state index contributed by atoms with van der Waals surface area (Å²) in [5.41, 5.74) is 6.54. The van der Waals surface area contributed by atoms with Gasteiger partial charge in [0.05, 0.1) is 0 Å². The van der Waals surface area contributed by atoms with Gasteiger partial charge in [-0.25, -0.2) is 8.51 Å². The van der Waals surface area contributed by atoms with E-state index in [1.165, 1.54) is 22.3 Å². The number of aliphatic hydroxyl groups excluding tert-OH is 1. The smallest absolute Gasteiger partial charge is 0.257 e. The Morgan fingerprint density at radius 3 is 2.28 bits per heavy atom. The molecule has 0 saturated carbocycles. The average molecular weight is 440 g/mol. The zero-order chi connectivity index (χ0) is 20.4. The summed E-state index contributed by atoms with van der Waals surface area (Å²) in [6.45, 7) is 1.54. The summed E-state index contributed by atoms with van der Waals surface area (Å²) in [7, 11) is -0.436. The van der Waals surface area contributed by atoms with Crippen LogP contribution >= 0.6 is 12.3 Å². The van der Waals surface area contributed by atoms with Gasteiger partial charge in [-0.2, -0.15) is 4.98 Å². The summed E-state index contributed by atoms with van der Waals surface area (Å²) >= 11 is -0.0104. The fourth-order valence-electron chi connectivity index (χ4n) is 4.53. The summed E-state index contributed by atoms with van der Waals surface area (Å²) in [4.78, 5) is 4.41. The predicted molar refractivity (Wildman–Crippen MR) is 113 cm³/mol. The Kier molecular flexibility index (Phi) is 6.53. The topological polar surface area (TPSA) is 83.3 Å². The summed E-state index contributed by atoms with van der Waals surface area (Å²) in [5, 5.41) is 14.7. The van der Waals surface area contributed by atoms with Crippen LogP contribution in [0.4, 0.5) is 15.5 Å². The van der Waals surface area contributed by atoms with Gasteiger partial charge in [0.15, 0.2) is 23.3 Å². The number of aromatic nitrogens is 3. The van der Waals surface area contributed by atoms with E-state index in [0.29, 0.717) is 5.95 Å². The Labute approximate surface area is 177 Å². The number of halogens is 1. The number of nitrogens with zero attached hydrogens (tertiary/aromatic N) is 4. The van der Waals surface area contributed by atoms with Gasteiger partial charge in [-0.15, -0.1) is 13.1 Å². The molecule has 1 saturated heterocycles. The molecule has 158 valence electrons. The van der Waals surface area contributed by atoms with E-state index in [1.54, 1.807) is 0 Å². The minimum absolute atomic E-state index is 0.0104. The third-order valence-electron chi connectivity index (χ3n) is 5.79. The van der Waals surface area contributed by atoms with E-state index in [4.69, 9.17) is 5.11 Å². The SMILES string of the molecule is CO.O=S(c1nc(Nc2c3c(cc4c2CCC4)CCC3)n(SF)n1)N1CCCC1. The molecule has 1 aromatic carbocycles. The van der Waals surface area contributed by atoms with Crippen LogP contribution in [0.3, 0.4) is 0 Å². The molecular formula is C19H26FN5O2S2. The molecule has 3 aliphatic rings. The molecule has 2 aliphatic carbocycles. The highest BCUT2D eigenvalue weighted by atomic mass is 32.2. The first-order chi connectivity index (χ1) is 14.2. The van der Waals surface area contributed by atoms with Crippen LogP contribution in [0, 0.1) is 0 Å². The minimum atomic E-state index is -1.44. The summed E-state index contributed by atoms with van der Waals surface area (Å²) in [5.74, 6) is 0.319. The first-order valence-corrected chi connectivity index (χ1v) is 11.8. The normalized spacial score (nSPS) is 18.9. The van der Waals surface area contributed by atoms with Crippen LogP contribution in [0.2, 0.25) is 0 Å². The summed E-state index contributed by atoms with van der Waals surface area (Å²) < 4.78 is 29.2. The summed E-state index contributed by atoms with van der Waals surface area (Å²) in [6, 6.07) is 2.36. The van der Waals surface area contributed by atoms with Crippen LogP contribution < -0.4 is 5.32 Å². The molecular weight excluding hydrogens is 413 g/mol. The number of hydrogen-bond acceptors (Lipinski definition) is 6. The first kappa shape index (κ1) is 20.8. The van der Waals surface area contributed by atoms with Gasteiger partial charge in [0.1, 0.15) is 0 Å². The molecule has 0 radical (unpaired) electrons. The van der Waals surface area contributed by atoms with E-state index >= 15 is 0 Å². The van der Waals surface area contributed by atoms with Gasteiger partial charge in [0, 0.05) is 25.9 Å². The van der Waals surface area contributed by atoms with Crippen LogP contribution in [0.25, 0.3) is 0 Å². The largest absolute Gasteiger partial charge is 0.400 e. The number of nitrogens with one attached hydrogen (secondary N) is 1.